The fourth-order valence-electron chi connectivity index (χ4n) is 0.604. The van der Waals surface area contributed by atoms with Crippen molar-refractivity contribution in [3.05, 3.63) is 19.3 Å². The average molecular weight is 155 g/mol. The first-order chi connectivity index (χ1) is 4.85. The molecule has 0 aliphatic carbocycles. The summed E-state index contributed by atoms with van der Waals surface area (Å²) in [5.74, 6) is 0. The fourth-order valence-corrected chi connectivity index (χ4v) is 1.41. The average Bonchev–Trinajstić information content (AvgIpc) is 1.98. The van der Waals surface area contributed by atoms with Gasteiger partial charge >= 0.3 is 0 Å². The van der Waals surface area contributed by atoms with Crippen LogP contribution in [0.2, 0.25) is 0 Å². The van der Waals surface area contributed by atoms with Crippen molar-refractivity contribution < 1.29 is 4.74 Å². The first-order valence-electron chi connectivity index (χ1n) is 3.53. The fraction of sp³-hybridized carbons (Fsp3) is 0.500. The highest BCUT2D eigenvalue weighted by atomic mass is 28.2. The van der Waals surface area contributed by atoms with Crippen LogP contribution in [-0.2, 0) is 4.74 Å². The predicted octanol–water partition coefficient (Wildman–Crippen LogP) is 1.35. The standard InChI is InChI=1S/C8H15OSi/c1-4-7-9-8(5-2)10-6-3/h4,6-8,10H,2,5H2,1,3H3. The van der Waals surface area contributed by atoms with Crippen LogP contribution >= 0.6 is 0 Å². The summed E-state index contributed by atoms with van der Waals surface area (Å²) in [6, 6.07) is 0. The summed E-state index contributed by atoms with van der Waals surface area (Å²) in [7, 11) is 0.305. The van der Waals surface area contributed by atoms with Crippen LogP contribution in [0, 0.1) is 6.92 Å². The Morgan fingerprint density at radius 3 is 2.70 bits per heavy atom. The normalized spacial score (nSPS) is 14.7. The molecule has 0 N–H and O–H groups in total. The second-order valence-electron chi connectivity index (χ2n) is 1.96. The highest BCUT2D eigenvalue weighted by molar-refractivity contribution is 6.47. The smallest absolute Gasteiger partial charge is 0.0969 e. The summed E-state index contributed by atoms with van der Waals surface area (Å²) in [6.07, 6.45) is 4.51. The molecule has 0 aliphatic rings. The second kappa shape index (κ2) is 6.74. The van der Waals surface area contributed by atoms with Crippen molar-refractivity contribution in [2.45, 2.75) is 26.0 Å². The summed E-state index contributed by atoms with van der Waals surface area (Å²) in [4.78, 5) is 0. The molecule has 0 rings (SSSR count). The van der Waals surface area contributed by atoms with Crippen LogP contribution in [0.1, 0.15) is 20.3 Å². The Hall–Kier alpha value is -0.373. The highest BCUT2D eigenvalue weighted by Gasteiger charge is 1.96. The molecular formula is C8H15OSi. The van der Waals surface area contributed by atoms with Crippen LogP contribution in [0.3, 0.4) is 0 Å². The molecule has 0 aromatic heterocycles. The molecule has 1 nitrogen and oxygen atoms in total. The quantitative estimate of drug-likeness (QED) is 0.440. The summed E-state index contributed by atoms with van der Waals surface area (Å²) >= 11 is 0. The lowest BCUT2D eigenvalue weighted by Crippen LogP contribution is -2.12. The second-order valence-corrected chi connectivity index (χ2v) is 3.75. The third kappa shape index (κ3) is 4.50. The van der Waals surface area contributed by atoms with E-state index in [1.165, 1.54) is 0 Å². The van der Waals surface area contributed by atoms with E-state index >= 15 is 0 Å². The third-order valence-corrected chi connectivity index (χ3v) is 2.39. The van der Waals surface area contributed by atoms with Crippen LogP contribution in [0.5, 0.6) is 0 Å². The van der Waals surface area contributed by atoms with Crippen LogP contribution in [0.4, 0.5) is 0 Å². The summed E-state index contributed by atoms with van der Waals surface area (Å²) in [5.41, 5.74) is 2.53. The van der Waals surface area contributed by atoms with E-state index in [-0.39, 0.29) is 0 Å². The Morgan fingerprint density at radius 1 is 1.60 bits per heavy atom. The molecule has 57 valence electrons. The topological polar surface area (TPSA) is 9.23 Å². The molecule has 0 aromatic carbocycles. The predicted molar refractivity (Wildman–Crippen MR) is 48.5 cm³/mol. The molecule has 1 unspecified atom stereocenters. The van der Waals surface area contributed by atoms with Gasteiger partial charge in [-0.3, -0.25) is 0 Å². The number of hydrogen-bond donors (Lipinski definition) is 0. The van der Waals surface area contributed by atoms with E-state index < -0.39 is 0 Å². The molecule has 0 bridgehead atoms. The maximum absolute atomic E-state index is 5.34. The summed E-state index contributed by atoms with van der Waals surface area (Å²) in [6.45, 7) is 7.82. The molecule has 10 heavy (non-hydrogen) atoms. The van der Waals surface area contributed by atoms with E-state index in [1.54, 1.807) is 6.26 Å². The lowest BCUT2D eigenvalue weighted by molar-refractivity contribution is 0.216. The molecule has 0 spiro atoms. The molecule has 0 aliphatic heterocycles. The number of rotatable bonds is 4. The van der Waals surface area contributed by atoms with Gasteiger partial charge < -0.3 is 4.74 Å². The van der Waals surface area contributed by atoms with Gasteiger partial charge in [-0.1, -0.05) is 13.0 Å². The Morgan fingerprint density at radius 2 is 2.30 bits per heavy atom. The van der Waals surface area contributed by atoms with Crippen LogP contribution in [0.25, 0.3) is 0 Å². The minimum atomic E-state index is 0.305. The molecule has 0 aromatic rings. The van der Waals surface area contributed by atoms with Crippen LogP contribution in [0.15, 0.2) is 12.3 Å². The Bertz CT molecular complexity index is 118. The number of allylic oxidation sites excluding steroid dienone is 1. The van der Waals surface area contributed by atoms with Gasteiger partial charge in [-0.25, -0.2) is 0 Å². The SMILES string of the molecule is [CH2]CC(OC=CC)[SiH]=CC. The zero-order chi connectivity index (χ0) is 7.82. The first kappa shape index (κ1) is 9.63. The van der Waals surface area contributed by atoms with E-state index in [4.69, 9.17) is 4.74 Å². The van der Waals surface area contributed by atoms with Gasteiger partial charge in [0.2, 0.25) is 0 Å². The Kier molecular flexibility index (Phi) is 6.49. The van der Waals surface area contributed by atoms with Crippen molar-refractivity contribution in [3.8, 4) is 0 Å². The van der Waals surface area contributed by atoms with Crippen LogP contribution in [-0.4, -0.2) is 20.5 Å². The molecule has 2 heteroatoms. The molecule has 0 saturated carbocycles. The van der Waals surface area contributed by atoms with Gasteiger partial charge in [-0.15, -0.1) is 5.67 Å². The van der Waals surface area contributed by atoms with E-state index in [9.17, 15) is 0 Å². The van der Waals surface area contributed by atoms with Gasteiger partial charge in [0.1, 0.15) is 0 Å². The Balaban J connectivity index is 3.60. The maximum Gasteiger partial charge on any atom is 0.0969 e. The summed E-state index contributed by atoms with van der Waals surface area (Å²) < 4.78 is 5.34. The zero-order valence-electron chi connectivity index (χ0n) is 6.71. The van der Waals surface area contributed by atoms with Gasteiger partial charge in [0.15, 0.2) is 0 Å². The molecule has 0 fully saturated rings. The van der Waals surface area contributed by atoms with Crippen molar-refractivity contribution in [2.24, 2.45) is 0 Å². The van der Waals surface area contributed by atoms with Crippen molar-refractivity contribution >= 4 is 14.8 Å². The van der Waals surface area contributed by atoms with Crippen LogP contribution < -0.4 is 0 Å². The molecular weight excluding hydrogens is 140 g/mol. The third-order valence-electron chi connectivity index (χ3n) is 1.08. The highest BCUT2D eigenvalue weighted by Crippen LogP contribution is 1.92. The monoisotopic (exact) mass is 155 g/mol. The molecule has 1 radical (unpaired) electrons. The van der Waals surface area contributed by atoms with E-state index in [0.29, 0.717) is 14.9 Å². The summed E-state index contributed by atoms with van der Waals surface area (Å²) in [5, 5.41) is 0. The van der Waals surface area contributed by atoms with Crippen molar-refractivity contribution in [2.75, 3.05) is 0 Å². The zero-order valence-corrected chi connectivity index (χ0v) is 7.86. The molecule has 0 saturated heterocycles. The molecule has 1 atom stereocenters. The Labute approximate surface area is 65.5 Å². The van der Waals surface area contributed by atoms with E-state index in [2.05, 4.69) is 19.5 Å². The lowest BCUT2D eigenvalue weighted by Gasteiger charge is -2.07. The molecule has 0 heterocycles. The minimum Gasteiger partial charge on any atom is -0.499 e. The van der Waals surface area contributed by atoms with Gasteiger partial charge in [0.05, 0.1) is 12.0 Å². The minimum absolute atomic E-state index is 0.305. The number of hydrogen-bond acceptors (Lipinski definition) is 1. The largest absolute Gasteiger partial charge is 0.499 e. The van der Waals surface area contributed by atoms with Crippen molar-refractivity contribution in [1.29, 1.82) is 0 Å². The number of ether oxygens (including phenoxy) is 1. The lowest BCUT2D eigenvalue weighted by atomic mass is 10.5. The van der Waals surface area contributed by atoms with E-state index in [1.807, 2.05) is 13.0 Å². The van der Waals surface area contributed by atoms with E-state index in [0.717, 1.165) is 6.42 Å². The molecule has 0 amide bonds. The van der Waals surface area contributed by atoms with Gasteiger partial charge in [0, 0.05) is 9.13 Å². The van der Waals surface area contributed by atoms with Gasteiger partial charge in [-0.05, 0) is 20.3 Å². The maximum atomic E-state index is 5.34. The van der Waals surface area contributed by atoms with Crippen molar-refractivity contribution in [3.63, 3.8) is 0 Å². The van der Waals surface area contributed by atoms with Gasteiger partial charge in [-0.2, -0.15) is 0 Å². The first-order valence-corrected chi connectivity index (χ1v) is 4.87. The van der Waals surface area contributed by atoms with Crippen molar-refractivity contribution in [1.82, 2.24) is 0 Å². The van der Waals surface area contributed by atoms with Gasteiger partial charge in [0.25, 0.3) is 0 Å².